The first-order chi connectivity index (χ1) is 18.2. The van der Waals surface area contributed by atoms with Gasteiger partial charge in [-0.3, -0.25) is 14.4 Å². The lowest BCUT2D eigenvalue weighted by Gasteiger charge is -2.52. The van der Waals surface area contributed by atoms with Crippen molar-refractivity contribution in [2.45, 2.75) is 70.1 Å². The zero-order valence-corrected chi connectivity index (χ0v) is 23.1. The zero-order chi connectivity index (χ0) is 29.0. The predicted octanol–water partition coefficient (Wildman–Crippen LogP) is 6.77. The van der Waals surface area contributed by atoms with Crippen LogP contribution in [0.25, 0.3) is 0 Å². The Hall–Kier alpha value is -2.78. The van der Waals surface area contributed by atoms with Crippen molar-refractivity contribution in [2.24, 2.45) is 5.41 Å². The van der Waals surface area contributed by atoms with E-state index in [9.17, 15) is 32.7 Å². The largest absolute Gasteiger partial charge is 0.481 e. The second-order valence-corrected chi connectivity index (χ2v) is 11.1. The molecule has 2 aromatic rings. The Morgan fingerprint density at radius 2 is 1.79 bits per heavy atom. The number of carbonyl (C=O) groups is 3. The van der Waals surface area contributed by atoms with Crippen molar-refractivity contribution in [2.75, 3.05) is 6.54 Å². The van der Waals surface area contributed by atoms with Crippen molar-refractivity contribution >= 4 is 41.0 Å². The van der Waals surface area contributed by atoms with Gasteiger partial charge in [-0.15, -0.1) is 0 Å². The number of piperidine rings is 1. The number of benzene rings is 2. The number of halogens is 5. The van der Waals surface area contributed by atoms with E-state index in [0.717, 1.165) is 11.1 Å². The van der Waals surface area contributed by atoms with Crippen LogP contribution in [0.4, 0.5) is 13.2 Å². The molecule has 0 radical (unpaired) electrons. The normalized spacial score (nSPS) is 22.4. The summed E-state index contributed by atoms with van der Waals surface area (Å²) in [6, 6.07) is 12.9. The maximum atomic E-state index is 14.1. The number of nitrogens with zero attached hydrogens (tertiary/aromatic N) is 1. The smallest absolute Gasteiger partial charge is 0.389 e. The summed E-state index contributed by atoms with van der Waals surface area (Å²) in [6.45, 7) is 3.32. The number of carbonyl (C=O) groups excluding carboxylic acids is 2. The predicted molar refractivity (Wildman–Crippen MR) is 143 cm³/mol. The lowest BCUT2D eigenvalue weighted by Crippen LogP contribution is -2.58. The fraction of sp³-hybridized carbons (Fsp3) is 0.464. The number of likely N-dealkylation sites (tertiary alicyclic amines) is 1. The van der Waals surface area contributed by atoms with E-state index in [1.165, 1.54) is 0 Å². The molecule has 4 atom stereocenters. The fourth-order valence-corrected chi connectivity index (χ4v) is 5.62. The molecule has 39 heavy (non-hydrogen) atoms. The molecule has 0 bridgehead atoms. The van der Waals surface area contributed by atoms with Crippen LogP contribution in [0.2, 0.25) is 10.0 Å². The van der Waals surface area contributed by atoms with Gasteiger partial charge < -0.3 is 15.3 Å². The van der Waals surface area contributed by atoms with Gasteiger partial charge in [-0.25, -0.2) is 0 Å². The molecule has 2 amide bonds. The Labute approximate surface area is 235 Å². The maximum absolute atomic E-state index is 14.1. The van der Waals surface area contributed by atoms with Crippen molar-refractivity contribution < 1.29 is 32.7 Å². The lowest BCUT2D eigenvalue weighted by molar-refractivity contribution is -0.160. The van der Waals surface area contributed by atoms with E-state index in [0.29, 0.717) is 16.5 Å². The summed E-state index contributed by atoms with van der Waals surface area (Å²) in [4.78, 5) is 39.8. The Morgan fingerprint density at radius 1 is 1.13 bits per heavy atom. The number of carboxylic acids is 1. The van der Waals surface area contributed by atoms with E-state index in [1.54, 1.807) is 61.2 Å². The molecule has 0 saturated carbocycles. The first kappa shape index (κ1) is 30.8. The minimum atomic E-state index is -4.47. The average Bonchev–Trinajstić information content (AvgIpc) is 2.85. The Bertz CT molecular complexity index is 1190. The summed E-state index contributed by atoms with van der Waals surface area (Å²) < 4.78 is 37.8. The van der Waals surface area contributed by atoms with E-state index in [2.05, 4.69) is 5.32 Å². The van der Waals surface area contributed by atoms with E-state index >= 15 is 0 Å². The molecule has 212 valence electrons. The van der Waals surface area contributed by atoms with E-state index in [1.807, 2.05) is 6.07 Å². The SMILES string of the molecule is CCC(CNC(=O)CCC(F)(F)F)N1C(=O)[C@@](C)(CC(=O)O)C[C@H](c2cccc(Cl)c2)[C@H]1c1ccc(Cl)cc1. The third-order valence-corrected chi connectivity index (χ3v) is 7.65. The van der Waals surface area contributed by atoms with Crippen LogP contribution >= 0.6 is 23.2 Å². The number of carboxylic acid groups (broad SMARTS) is 1. The molecule has 1 aliphatic rings. The number of rotatable bonds is 10. The quantitative estimate of drug-likeness (QED) is 0.321. The van der Waals surface area contributed by atoms with Gasteiger partial charge >= 0.3 is 12.1 Å². The van der Waals surface area contributed by atoms with Crippen LogP contribution in [0.3, 0.4) is 0 Å². The number of alkyl halides is 3. The van der Waals surface area contributed by atoms with Crippen LogP contribution in [0.5, 0.6) is 0 Å². The van der Waals surface area contributed by atoms with Gasteiger partial charge in [0.2, 0.25) is 11.8 Å². The summed E-state index contributed by atoms with van der Waals surface area (Å²) in [6.07, 6.45) is -6.28. The van der Waals surface area contributed by atoms with Gasteiger partial charge in [-0.05, 0) is 48.2 Å². The van der Waals surface area contributed by atoms with E-state index in [-0.39, 0.29) is 18.9 Å². The summed E-state index contributed by atoms with van der Waals surface area (Å²) in [5.74, 6) is -2.69. The van der Waals surface area contributed by atoms with Crippen molar-refractivity contribution in [3.8, 4) is 0 Å². The summed E-state index contributed by atoms with van der Waals surface area (Å²) >= 11 is 12.5. The number of hydrogen-bond acceptors (Lipinski definition) is 3. The average molecular weight is 587 g/mol. The Balaban J connectivity index is 2.08. The first-order valence-electron chi connectivity index (χ1n) is 12.6. The van der Waals surface area contributed by atoms with Gasteiger partial charge in [0.25, 0.3) is 0 Å². The van der Waals surface area contributed by atoms with Gasteiger partial charge in [0, 0.05) is 35.0 Å². The minimum absolute atomic E-state index is 0.0889. The fourth-order valence-electron chi connectivity index (χ4n) is 5.30. The third-order valence-electron chi connectivity index (χ3n) is 7.17. The summed E-state index contributed by atoms with van der Waals surface area (Å²) in [5, 5.41) is 13.2. The standard InChI is InChI=1S/C28H31Cl2F3N2O4/c1-3-21(16-34-23(36)11-12-28(31,32)33)35-25(17-7-9-19(29)10-8-17)22(18-5-4-6-20(30)13-18)14-27(2,26(35)39)15-24(37)38/h4-10,13,21-22,25H,3,11-12,14-16H2,1-2H3,(H,34,36)(H,37,38)/t21?,22-,25-,27-/m1/s1. The molecular weight excluding hydrogens is 556 g/mol. The molecule has 0 aromatic heterocycles. The number of aliphatic carboxylic acids is 1. The maximum Gasteiger partial charge on any atom is 0.389 e. The second kappa shape index (κ2) is 12.6. The second-order valence-electron chi connectivity index (χ2n) is 10.2. The summed E-state index contributed by atoms with van der Waals surface area (Å²) in [7, 11) is 0. The molecular formula is C28H31Cl2F3N2O4. The monoisotopic (exact) mass is 586 g/mol. The lowest BCUT2D eigenvalue weighted by atomic mass is 9.67. The van der Waals surface area contributed by atoms with Gasteiger partial charge in [0.1, 0.15) is 0 Å². The Kier molecular flexibility index (Phi) is 9.93. The van der Waals surface area contributed by atoms with Gasteiger partial charge in [0.15, 0.2) is 0 Å². The number of amides is 2. The van der Waals surface area contributed by atoms with Crippen molar-refractivity contribution in [3.05, 3.63) is 69.7 Å². The van der Waals surface area contributed by atoms with Crippen molar-refractivity contribution in [3.63, 3.8) is 0 Å². The Morgan fingerprint density at radius 3 is 2.36 bits per heavy atom. The molecule has 6 nitrogen and oxygen atoms in total. The molecule has 1 heterocycles. The van der Waals surface area contributed by atoms with Crippen LogP contribution in [0, 0.1) is 5.41 Å². The zero-order valence-electron chi connectivity index (χ0n) is 21.6. The summed E-state index contributed by atoms with van der Waals surface area (Å²) in [5.41, 5.74) is 0.271. The molecule has 1 fully saturated rings. The van der Waals surface area contributed by atoms with Crippen LogP contribution in [-0.2, 0) is 14.4 Å². The van der Waals surface area contributed by atoms with Crippen molar-refractivity contribution in [1.29, 1.82) is 0 Å². The third kappa shape index (κ3) is 7.88. The van der Waals surface area contributed by atoms with Crippen LogP contribution in [-0.4, -0.2) is 46.6 Å². The molecule has 1 unspecified atom stereocenters. The van der Waals surface area contributed by atoms with Crippen molar-refractivity contribution in [1.82, 2.24) is 10.2 Å². The van der Waals surface area contributed by atoms with Gasteiger partial charge in [-0.2, -0.15) is 13.2 Å². The molecule has 1 aliphatic heterocycles. The first-order valence-corrected chi connectivity index (χ1v) is 13.4. The topological polar surface area (TPSA) is 86.7 Å². The highest BCUT2D eigenvalue weighted by Crippen LogP contribution is 2.52. The molecule has 0 aliphatic carbocycles. The highest BCUT2D eigenvalue weighted by atomic mass is 35.5. The molecule has 0 spiro atoms. The van der Waals surface area contributed by atoms with Gasteiger partial charge in [0.05, 0.1) is 24.3 Å². The number of nitrogens with one attached hydrogen (secondary N) is 1. The molecule has 2 N–H and O–H groups in total. The molecule has 3 rings (SSSR count). The highest BCUT2D eigenvalue weighted by Gasteiger charge is 2.52. The molecule has 11 heteroatoms. The number of hydrogen-bond donors (Lipinski definition) is 2. The van der Waals surface area contributed by atoms with Crippen LogP contribution in [0.1, 0.15) is 69.0 Å². The van der Waals surface area contributed by atoms with Gasteiger partial charge in [-0.1, -0.05) is 61.3 Å². The van der Waals surface area contributed by atoms with Crippen LogP contribution in [0.15, 0.2) is 48.5 Å². The van der Waals surface area contributed by atoms with E-state index in [4.69, 9.17) is 23.2 Å². The molecule has 2 aromatic carbocycles. The molecule has 1 saturated heterocycles. The highest BCUT2D eigenvalue weighted by molar-refractivity contribution is 6.30. The minimum Gasteiger partial charge on any atom is -0.481 e. The van der Waals surface area contributed by atoms with E-state index < -0.39 is 60.7 Å². The van der Waals surface area contributed by atoms with Crippen LogP contribution < -0.4 is 5.32 Å².